The van der Waals surface area contributed by atoms with Gasteiger partial charge in [0.2, 0.25) is 0 Å². The van der Waals surface area contributed by atoms with Gasteiger partial charge in [0.05, 0.1) is 13.2 Å². The lowest BCUT2D eigenvalue weighted by atomic mass is 10.1. The fourth-order valence-corrected chi connectivity index (χ4v) is 2.47. The second-order valence-corrected chi connectivity index (χ2v) is 5.55. The van der Waals surface area contributed by atoms with Gasteiger partial charge in [-0.25, -0.2) is 0 Å². The highest BCUT2D eigenvalue weighted by Crippen LogP contribution is 2.19. The molecule has 0 aromatic heterocycles. The van der Waals surface area contributed by atoms with E-state index >= 15 is 0 Å². The molecule has 0 aromatic carbocycles. The molecule has 0 spiro atoms. The lowest BCUT2D eigenvalue weighted by Crippen LogP contribution is -2.45. The van der Waals surface area contributed by atoms with Crippen molar-refractivity contribution in [3.8, 4) is 0 Å². The standard InChI is InChI=1S/C16H34N2O2/c1-4-7-16(14-17-15-8-9-15)18(10-12-19-5-2)11-13-20-6-3/h15-17H,4-14H2,1-3H3. The SMILES string of the molecule is CCCC(CNC1CC1)N(CCOCC)CCOCC. The molecule has 1 unspecified atom stereocenters. The van der Waals surface area contributed by atoms with Crippen LogP contribution in [-0.2, 0) is 9.47 Å². The third-order valence-electron chi connectivity index (χ3n) is 3.81. The molecule has 0 aliphatic heterocycles. The molecule has 1 saturated carbocycles. The molecule has 0 radical (unpaired) electrons. The minimum absolute atomic E-state index is 0.613. The molecule has 0 saturated heterocycles. The Kier molecular flexibility index (Phi) is 10.3. The van der Waals surface area contributed by atoms with Gasteiger partial charge in [0.1, 0.15) is 0 Å². The minimum atomic E-state index is 0.613. The summed E-state index contributed by atoms with van der Waals surface area (Å²) in [6.07, 6.45) is 5.20. The Bertz CT molecular complexity index is 213. The molecular weight excluding hydrogens is 252 g/mol. The van der Waals surface area contributed by atoms with Crippen molar-refractivity contribution in [1.82, 2.24) is 10.2 Å². The molecule has 0 aromatic rings. The third-order valence-corrected chi connectivity index (χ3v) is 3.81. The zero-order valence-corrected chi connectivity index (χ0v) is 13.7. The number of hydrogen-bond acceptors (Lipinski definition) is 4. The van der Waals surface area contributed by atoms with Crippen molar-refractivity contribution in [1.29, 1.82) is 0 Å². The maximum atomic E-state index is 5.53. The summed E-state index contributed by atoms with van der Waals surface area (Å²) in [4.78, 5) is 2.55. The Morgan fingerprint density at radius 1 is 1.05 bits per heavy atom. The van der Waals surface area contributed by atoms with E-state index < -0.39 is 0 Å². The van der Waals surface area contributed by atoms with Gasteiger partial charge in [0, 0.05) is 44.9 Å². The Labute approximate surface area is 125 Å². The summed E-state index contributed by atoms with van der Waals surface area (Å²) in [5.74, 6) is 0. The fraction of sp³-hybridized carbons (Fsp3) is 1.00. The van der Waals surface area contributed by atoms with Gasteiger partial charge in [-0.15, -0.1) is 0 Å². The highest BCUT2D eigenvalue weighted by molar-refractivity contribution is 4.84. The van der Waals surface area contributed by atoms with Crippen LogP contribution in [0.2, 0.25) is 0 Å². The third kappa shape index (κ3) is 8.20. The summed E-state index contributed by atoms with van der Waals surface area (Å²) >= 11 is 0. The maximum absolute atomic E-state index is 5.53. The van der Waals surface area contributed by atoms with Crippen molar-refractivity contribution in [2.75, 3.05) is 46.1 Å². The van der Waals surface area contributed by atoms with Crippen molar-refractivity contribution >= 4 is 0 Å². The van der Waals surface area contributed by atoms with Crippen molar-refractivity contribution in [3.05, 3.63) is 0 Å². The summed E-state index contributed by atoms with van der Waals surface area (Å²) in [6, 6.07) is 1.40. The van der Waals surface area contributed by atoms with E-state index in [1.54, 1.807) is 0 Å². The van der Waals surface area contributed by atoms with Gasteiger partial charge < -0.3 is 14.8 Å². The molecule has 0 heterocycles. The zero-order chi connectivity index (χ0) is 14.6. The van der Waals surface area contributed by atoms with Gasteiger partial charge in [0.15, 0.2) is 0 Å². The average Bonchev–Trinajstić information content (AvgIpc) is 3.26. The topological polar surface area (TPSA) is 33.7 Å². The number of nitrogens with zero attached hydrogens (tertiary/aromatic N) is 1. The van der Waals surface area contributed by atoms with Crippen LogP contribution in [0.5, 0.6) is 0 Å². The Balaban J connectivity index is 2.38. The number of ether oxygens (including phenoxy) is 2. The van der Waals surface area contributed by atoms with Crippen LogP contribution in [-0.4, -0.2) is 63.0 Å². The molecule has 4 heteroatoms. The second kappa shape index (κ2) is 11.5. The zero-order valence-electron chi connectivity index (χ0n) is 13.7. The molecule has 0 amide bonds. The average molecular weight is 286 g/mol. The van der Waals surface area contributed by atoms with Crippen LogP contribution in [0.1, 0.15) is 46.5 Å². The van der Waals surface area contributed by atoms with E-state index in [0.29, 0.717) is 6.04 Å². The van der Waals surface area contributed by atoms with E-state index in [2.05, 4.69) is 31.0 Å². The first kappa shape index (κ1) is 17.9. The summed E-state index contributed by atoms with van der Waals surface area (Å²) in [6.45, 7) is 12.8. The first-order valence-electron chi connectivity index (χ1n) is 8.44. The van der Waals surface area contributed by atoms with E-state index in [4.69, 9.17) is 9.47 Å². The van der Waals surface area contributed by atoms with E-state index in [0.717, 1.165) is 52.1 Å². The molecule has 4 nitrogen and oxygen atoms in total. The number of rotatable bonds is 14. The number of nitrogens with one attached hydrogen (secondary N) is 1. The van der Waals surface area contributed by atoms with Crippen LogP contribution in [0.3, 0.4) is 0 Å². The maximum Gasteiger partial charge on any atom is 0.0593 e. The number of hydrogen-bond donors (Lipinski definition) is 1. The van der Waals surface area contributed by atoms with Crippen LogP contribution in [0.4, 0.5) is 0 Å². The van der Waals surface area contributed by atoms with Crippen LogP contribution in [0.15, 0.2) is 0 Å². The van der Waals surface area contributed by atoms with Crippen LogP contribution in [0, 0.1) is 0 Å². The van der Waals surface area contributed by atoms with Gasteiger partial charge in [-0.2, -0.15) is 0 Å². The van der Waals surface area contributed by atoms with Crippen LogP contribution < -0.4 is 5.32 Å². The predicted octanol–water partition coefficient (Wildman–Crippen LogP) is 2.28. The lowest BCUT2D eigenvalue weighted by molar-refractivity contribution is 0.0600. The highest BCUT2D eigenvalue weighted by Gasteiger charge is 2.24. The van der Waals surface area contributed by atoms with Gasteiger partial charge in [-0.05, 0) is 33.1 Å². The Morgan fingerprint density at radius 2 is 1.65 bits per heavy atom. The monoisotopic (exact) mass is 286 g/mol. The molecule has 1 fully saturated rings. The van der Waals surface area contributed by atoms with Crippen molar-refractivity contribution in [2.45, 2.75) is 58.5 Å². The quantitative estimate of drug-likeness (QED) is 0.497. The second-order valence-electron chi connectivity index (χ2n) is 5.55. The molecule has 1 aliphatic carbocycles. The molecule has 1 aliphatic rings. The summed E-state index contributed by atoms with van der Waals surface area (Å²) < 4.78 is 11.1. The van der Waals surface area contributed by atoms with Gasteiger partial charge in [-0.3, -0.25) is 4.90 Å². The summed E-state index contributed by atoms with van der Waals surface area (Å²) in [7, 11) is 0. The highest BCUT2D eigenvalue weighted by atomic mass is 16.5. The summed E-state index contributed by atoms with van der Waals surface area (Å²) in [5.41, 5.74) is 0. The first-order valence-corrected chi connectivity index (χ1v) is 8.44. The van der Waals surface area contributed by atoms with E-state index in [1.165, 1.54) is 25.7 Å². The van der Waals surface area contributed by atoms with Crippen LogP contribution in [0.25, 0.3) is 0 Å². The van der Waals surface area contributed by atoms with E-state index in [-0.39, 0.29) is 0 Å². The molecule has 20 heavy (non-hydrogen) atoms. The minimum Gasteiger partial charge on any atom is -0.380 e. The molecular formula is C16H34N2O2. The molecule has 0 bridgehead atoms. The van der Waals surface area contributed by atoms with Gasteiger partial charge in [-0.1, -0.05) is 13.3 Å². The van der Waals surface area contributed by atoms with Crippen molar-refractivity contribution in [2.24, 2.45) is 0 Å². The van der Waals surface area contributed by atoms with Crippen LogP contribution >= 0.6 is 0 Å². The largest absolute Gasteiger partial charge is 0.380 e. The lowest BCUT2D eigenvalue weighted by Gasteiger charge is -2.32. The molecule has 1 atom stereocenters. The van der Waals surface area contributed by atoms with E-state index in [9.17, 15) is 0 Å². The molecule has 1 N–H and O–H groups in total. The van der Waals surface area contributed by atoms with Crippen molar-refractivity contribution in [3.63, 3.8) is 0 Å². The Morgan fingerprint density at radius 3 is 2.10 bits per heavy atom. The Hall–Kier alpha value is -0.160. The normalized spacial score (nSPS) is 16.8. The summed E-state index contributed by atoms with van der Waals surface area (Å²) in [5, 5.41) is 3.68. The smallest absolute Gasteiger partial charge is 0.0593 e. The molecule has 120 valence electrons. The van der Waals surface area contributed by atoms with Gasteiger partial charge in [0.25, 0.3) is 0 Å². The van der Waals surface area contributed by atoms with Crippen molar-refractivity contribution < 1.29 is 9.47 Å². The molecule has 1 rings (SSSR count). The van der Waals surface area contributed by atoms with Gasteiger partial charge >= 0.3 is 0 Å². The first-order chi connectivity index (χ1) is 9.81. The van der Waals surface area contributed by atoms with E-state index in [1.807, 2.05) is 0 Å². The predicted molar refractivity (Wildman–Crippen MR) is 84.3 cm³/mol. The fourth-order valence-electron chi connectivity index (χ4n) is 2.47.